The summed E-state index contributed by atoms with van der Waals surface area (Å²) in [4.78, 5) is 9.89. The molecule has 0 radical (unpaired) electrons. The van der Waals surface area contributed by atoms with Crippen molar-refractivity contribution in [3.8, 4) is 16.5 Å². The van der Waals surface area contributed by atoms with Crippen molar-refractivity contribution in [1.29, 1.82) is 5.26 Å². The highest BCUT2D eigenvalue weighted by molar-refractivity contribution is 7.90. The number of fused-ring (bicyclic) bond motifs is 1. The van der Waals surface area contributed by atoms with Crippen LogP contribution in [-0.2, 0) is 20.3 Å². The van der Waals surface area contributed by atoms with Crippen molar-refractivity contribution in [1.82, 2.24) is 9.29 Å². The molecule has 0 amide bonds. The first-order valence-electron chi connectivity index (χ1n) is 7.89. The Morgan fingerprint density at radius 2 is 2.26 bits per heavy atom. The summed E-state index contributed by atoms with van der Waals surface area (Å²) in [6, 6.07) is 5.46. The number of halogens is 1. The Morgan fingerprint density at radius 1 is 1.48 bits per heavy atom. The zero-order valence-corrected chi connectivity index (χ0v) is 16.5. The van der Waals surface area contributed by atoms with Gasteiger partial charge in [0, 0.05) is 36.3 Å². The Balaban J connectivity index is 1.89. The Labute approximate surface area is 164 Å². The molecule has 0 spiro atoms. The molecule has 2 aromatic rings. The zero-order valence-electron chi connectivity index (χ0n) is 14.1. The lowest BCUT2D eigenvalue weighted by atomic mass is 9.97. The van der Waals surface area contributed by atoms with Crippen LogP contribution in [0.5, 0.6) is 0 Å². The number of ether oxygens (including phenoxy) is 1. The maximum atomic E-state index is 12.8. The molecule has 8 nitrogen and oxygen atoms in total. The maximum Gasteiger partial charge on any atom is 0.267 e. The molecule has 1 saturated heterocycles. The van der Waals surface area contributed by atoms with E-state index in [0.29, 0.717) is 27.4 Å². The maximum absolute atomic E-state index is 12.8. The fraction of sp³-hybridized carbons (Fsp3) is 0.312. The quantitative estimate of drug-likeness (QED) is 0.786. The van der Waals surface area contributed by atoms with Crippen LogP contribution in [0.25, 0.3) is 10.4 Å². The highest BCUT2D eigenvalue weighted by Crippen LogP contribution is 2.51. The van der Waals surface area contributed by atoms with Crippen LogP contribution >= 0.6 is 22.9 Å². The topological polar surface area (TPSA) is 122 Å². The minimum Gasteiger partial charge on any atom is -0.369 e. The average Bonchev–Trinajstić information content (AvgIpc) is 3.25. The predicted octanol–water partition coefficient (Wildman–Crippen LogP) is 1.87. The second kappa shape index (κ2) is 6.17. The van der Waals surface area contributed by atoms with Crippen molar-refractivity contribution in [2.45, 2.75) is 17.4 Å². The van der Waals surface area contributed by atoms with E-state index >= 15 is 0 Å². The van der Waals surface area contributed by atoms with Crippen molar-refractivity contribution in [2.75, 3.05) is 13.7 Å². The van der Waals surface area contributed by atoms with Gasteiger partial charge in [0.15, 0.2) is 0 Å². The summed E-state index contributed by atoms with van der Waals surface area (Å²) in [5, 5.41) is 9.45. The molecule has 11 heteroatoms. The predicted molar refractivity (Wildman–Crippen MR) is 102 cm³/mol. The molecule has 0 aromatic carbocycles. The minimum atomic E-state index is -3.83. The molecule has 4 heterocycles. The number of aromatic nitrogens is 1. The number of nitriles is 1. The fourth-order valence-electron chi connectivity index (χ4n) is 3.28. The van der Waals surface area contributed by atoms with Crippen LogP contribution in [0.15, 0.2) is 29.5 Å². The van der Waals surface area contributed by atoms with E-state index in [0.717, 1.165) is 9.18 Å². The summed E-state index contributed by atoms with van der Waals surface area (Å²) in [6.07, 6.45) is 3.44. The van der Waals surface area contributed by atoms with Gasteiger partial charge in [0.25, 0.3) is 10.0 Å². The van der Waals surface area contributed by atoms with Gasteiger partial charge in [-0.3, -0.25) is 4.98 Å². The Hall–Kier alpha value is -2.19. The molecule has 1 fully saturated rings. The van der Waals surface area contributed by atoms with Crippen LogP contribution in [0.2, 0.25) is 5.02 Å². The molecule has 2 aliphatic rings. The molecule has 4 rings (SSSR count). The Kier molecular flexibility index (Phi) is 4.16. The third-order valence-corrected chi connectivity index (χ3v) is 8.44. The van der Waals surface area contributed by atoms with Crippen LogP contribution in [0.3, 0.4) is 0 Å². The van der Waals surface area contributed by atoms with E-state index in [2.05, 4.69) is 9.98 Å². The lowest BCUT2D eigenvalue weighted by Gasteiger charge is -2.37. The second-order valence-electron chi connectivity index (χ2n) is 6.22. The largest absolute Gasteiger partial charge is 0.369 e. The monoisotopic (exact) mass is 423 g/mol. The van der Waals surface area contributed by atoms with E-state index in [4.69, 9.17) is 27.3 Å². The highest BCUT2D eigenvalue weighted by Gasteiger charge is 2.58. The van der Waals surface area contributed by atoms with E-state index in [9.17, 15) is 8.42 Å². The molecular formula is C16H14ClN5O3S2. The lowest BCUT2D eigenvalue weighted by Crippen LogP contribution is -2.55. The summed E-state index contributed by atoms with van der Waals surface area (Å²) in [7, 11) is -2.48. The number of pyridine rings is 1. The number of aliphatic imine (C=N–C) groups is 1. The molecule has 1 unspecified atom stereocenters. The first kappa shape index (κ1) is 18.2. The van der Waals surface area contributed by atoms with Crippen molar-refractivity contribution < 1.29 is 13.2 Å². The molecule has 2 atom stereocenters. The molecule has 2 N–H and O–H groups in total. The third kappa shape index (κ3) is 2.62. The normalized spacial score (nSPS) is 26.3. The minimum absolute atomic E-state index is 0.101. The molecule has 27 heavy (non-hydrogen) atoms. The standard InChI is InChI=1S/C16H14ClN5O3S2/c1-22-15(19)21-16(2-3-25-14(16)27(22,23)24)13-11(17)5-12(26-13)10-4-9(6-18)7-20-8-10/h4-5,7-8,14H,2-3H2,1H3,(H2,19,21)/t14?,16-/m1/s1. The average molecular weight is 424 g/mol. The van der Waals surface area contributed by atoms with Gasteiger partial charge in [-0.25, -0.2) is 17.7 Å². The molecule has 0 saturated carbocycles. The number of thiophene rings is 1. The van der Waals surface area contributed by atoms with Gasteiger partial charge >= 0.3 is 0 Å². The number of hydrogen-bond acceptors (Lipinski definition) is 8. The number of guanidine groups is 1. The van der Waals surface area contributed by atoms with Crippen molar-refractivity contribution in [3.05, 3.63) is 40.0 Å². The van der Waals surface area contributed by atoms with Gasteiger partial charge in [-0.15, -0.1) is 11.3 Å². The van der Waals surface area contributed by atoms with E-state index in [1.807, 2.05) is 6.07 Å². The van der Waals surface area contributed by atoms with Gasteiger partial charge in [-0.1, -0.05) is 11.6 Å². The molecule has 140 valence electrons. The molecule has 0 aliphatic carbocycles. The van der Waals surface area contributed by atoms with Crippen molar-refractivity contribution in [3.63, 3.8) is 0 Å². The van der Waals surface area contributed by atoms with Crippen molar-refractivity contribution >= 4 is 38.9 Å². The van der Waals surface area contributed by atoms with Gasteiger partial charge < -0.3 is 10.5 Å². The summed E-state index contributed by atoms with van der Waals surface area (Å²) in [5.74, 6) is -0.101. The number of nitrogens with two attached hydrogens (primary N) is 1. The first-order chi connectivity index (χ1) is 12.8. The van der Waals surface area contributed by atoms with Crippen LogP contribution in [0.4, 0.5) is 0 Å². The van der Waals surface area contributed by atoms with Crippen molar-refractivity contribution in [2.24, 2.45) is 10.7 Å². The number of hydrogen-bond donors (Lipinski definition) is 1. The van der Waals surface area contributed by atoms with Gasteiger partial charge in [0.2, 0.25) is 11.4 Å². The SMILES string of the molecule is CN1C(N)=N[C@@]2(c3sc(-c4cncc(C#N)c4)cc3Cl)CCOC2S1(=O)=O. The van der Waals surface area contributed by atoms with Crippen LogP contribution in [-0.4, -0.2) is 42.8 Å². The van der Waals surface area contributed by atoms with Crippen LogP contribution in [0.1, 0.15) is 16.9 Å². The second-order valence-corrected chi connectivity index (χ2v) is 9.69. The first-order valence-corrected chi connectivity index (χ1v) is 10.6. The Bertz CT molecular complexity index is 1110. The number of nitrogens with zero attached hydrogens (tertiary/aromatic N) is 4. The van der Waals surface area contributed by atoms with Gasteiger partial charge in [0.05, 0.1) is 22.1 Å². The van der Waals surface area contributed by atoms with Crippen LogP contribution < -0.4 is 5.73 Å². The molecule has 0 bridgehead atoms. The third-order valence-electron chi connectivity index (χ3n) is 4.66. The molecular weight excluding hydrogens is 410 g/mol. The van der Waals surface area contributed by atoms with E-state index in [1.165, 1.54) is 24.6 Å². The highest BCUT2D eigenvalue weighted by atomic mass is 35.5. The van der Waals surface area contributed by atoms with E-state index in [-0.39, 0.29) is 12.6 Å². The van der Waals surface area contributed by atoms with E-state index in [1.54, 1.807) is 18.3 Å². The lowest BCUT2D eigenvalue weighted by molar-refractivity contribution is 0.135. The summed E-state index contributed by atoms with van der Waals surface area (Å²) >= 11 is 7.79. The van der Waals surface area contributed by atoms with Crippen LogP contribution in [0, 0.1) is 11.3 Å². The zero-order chi connectivity index (χ0) is 19.4. The molecule has 2 aliphatic heterocycles. The fourth-order valence-corrected chi connectivity index (χ4v) is 6.66. The summed E-state index contributed by atoms with van der Waals surface area (Å²) in [5.41, 5.74) is 4.66. The van der Waals surface area contributed by atoms with Gasteiger partial charge in [-0.05, 0) is 12.1 Å². The number of sulfonamides is 1. The van der Waals surface area contributed by atoms with Gasteiger partial charge in [-0.2, -0.15) is 5.26 Å². The molecule has 2 aromatic heterocycles. The van der Waals surface area contributed by atoms with E-state index < -0.39 is 21.0 Å². The number of rotatable bonds is 2. The summed E-state index contributed by atoms with van der Waals surface area (Å²) in [6.45, 7) is 0.226. The summed E-state index contributed by atoms with van der Waals surface area (Å²) < 4.78 is 32.1. The Morgan fingerprint density at radius 3 is 3.00 bits per heavy atom. The smallest absolute Gasteiger partial charge is 0.267 e. The van der Waals surface area contributed by atoms with Gasteiger partial charge in [0.1, 0.15) is 11.6 Å².